The van der Waals surface area contributed by atoms with Crippen LogP contribution in [0.15, 0.2) is 28.9 Å². The highest BCUT2D eigenvalue weighted by Crippen LogP contribution is 2.31. The van der Waals surface area contributed by atoms with Crippen LogP contribution in [0.3, 0.4) is 0 Å². The van der Waals surface area contributed by atoms with E-state index >= 15 is 0 Å². The Bertz CT molecular complexity index is 595. The van der Waals surface area contributed by atoms with E-state index < -0.39 is 6.03 Å². The molecule has 0 atom stereocenters. The number of hydrogen-bond acceptors (Lipinski definition) is 4. The number of urea groups is 1. The molecule has 0 saturated heterocycles. The van der Waals surface area contributed by atoms with Crippen molar-refractivity contribution in [3.63, 3.8) is 0 Å². The first-order valence-electron chi connectivity index (χ1n) is 5.46. The van der Waals surface area contributed by atoms with Gasteiger partial charge in [0.05, 0.1) is 16.4 Å². The molecule has 0 bridgehead atoms. The number of hydrogen-bond donors (Lipinski definition) is 2. The van der Waals surface area contributed by atoms with Crippen molar-refractivity contribution in [2.24, 2.45) is 0 Å². The lowest BCUT2D eigenvalue weighted by molar-refractivity contribution is 0.259. The van der Waals surface area contributed by atoms with Gasteiger partial charge in [-0.05, 0) is 25.5 Å². The smallest absolute Gasteiger partial charge is 0.340 e. The molecule has 0 aliphatic heterocycles. The standard InChI is InChI=1S/C12H12ClN3O2S/c1-7-4-3-5-9(13)10(7)16(19)12(17)15-11-14-8(2)6-18-11/h3-6,19H,1-2H3,(H,14,15,17). The Morgan fingerprint density at radius 2 is 2.21 bits per heavy atom. The van der Waals surface area contributed by atoms with E-state index in [0.29, 0.717) is 16.4 Å². The maximum Gasteiger partial charge on any atom is 0.340 e. The van der Waals surface area contributed by atoms with Crippen LogP contribution in [-0.2, 0) is 0 Å². The molecular weight excluding hydrogens is 286 g/mol. The monoisotopic (exact) mass is 297 g/mol. The Kier molecular flexibility index (Phi) is 4.01. The van der Waals surface area contributed by atoms with E-state index in [1.54, 1.807) is 19.1 Å². The van der Waals surface area contributed by atoms with E-state index in [1.807, 2.05) is 13.0 Å². The van der Waals surface area contributed by atoms with Crippen molar-refractivity contribution in [3.05, 3.63) is 40.7 Å². The van der Waals surface area contributed by atoms with Gasteiger partial charge in [0.1, 0.15) is 6.26 Å². The van der Waals surface area contributed by atoms with Crippen LogP contribution in [0.2, 0.25) is 5.02 Å². The largest absolute Gasteiger partial charge is 0.432 e. The summed E-state index contributed by atoms with van der Waals surface area (Å²) >= 11 is 10.2. The average Bonchev–Trinajstić information content (AvgIpc) is 2.74. The number of carbonyl (C=O) groups is 1. The van der Waals surface area contributed by atoms with Crippen LogP contribution in [-0.4, -0.2) is 11.0 Å². The summed E-state index contributed by atoms with van der Waals surface area (Å²) < 4.78 is 6.17. The zero-order chi connectivity index (χ0) is 14.0. The van der Waals surface area contributed by atoms with Gasteiger partial charge in [0.25, 0.3) is 0 Å². The molecule has 7 heteroatoms. The van der Waals surface area contributed by atoms with Crippen molar-refractivity contribution < 1.29 is 9.21 Å². The number of thiol groups is 1. The summed E-state index contributed by atoms with van der Waals surface area (Å²) in [5.41, 5.74) is 2.03. The van der Waals surface area contributed by atoms with E-state index in [-0.39, 0.29) is 6.01 Å². The minimum atomic E-state index is -0.499. The fraction of sp³-hybridized carbons (Fsp3) is 0.167. The first kappa shape index (κ1) is 13.8. The van der Waals surface area contributed by atoms with Gasteiger partial charge < -0.3 is 4.42 Å². The Morgan fingerprint density at radius 3 is 2.79 bits per heavy atom. The van der Waals surface area contributed by atoms with E-state index in [0.717, 1.165) is 9.87 Å². The molecule has 2 amide bonds. The molecule has 100 valence electrons. The molecule has 0 aliphatic rings. The number of amides is 2. The van der Waals surface area contributed by atoms with Crippen molar-refractivity contribution in [3.8, 4) is 0 Å². The quantitative estimate of drug-likeness (QED) is 0.828. The summed E-state index contributed by atoms with van der Waals surface area (Å²) in [4.78, 5) is 16.0. The molecular formula is C12H12ClN3O2S. The van der Waals surface area contributed by atoms with Crippen LogP contribution < -0.4 is 9.62 Å². The number of aromatic nitrogens is 1. The Labute approximate surface area is 121 Å². The minimum absolute atomic E-state index is 0.117. The molecule has 0 aliphatic carbocycles. The minimum Gasteiger partial charge on any atom is -0.432 e. The molecule has 1 N–H and O–H groups in total. The van der Waals surface area contributed by atoms with E-state index in [2.05, 4.69) is 23.1 Å². The lowest BCUT2D eigenvalue weighted by Gasteiger charge is -2.18. The van der Waals surface area contributed by atoms with Crippen molar-refractivity contribution >= 4 is 42.1 Å². The van der Waals surface area contributed by atoms with Crippen LogP contribution in [0.4, 0.5) is 16.5 Å². The van der Waals surface area contributed by atoms with E-state index in [1.165, 1.54) is 6.26 Å². The predicted octanol–water partition coefficient (Wildman–Crippen LogP) is 3.83. The lowest BCUT2D eigenvalue weighted by Crippen LogP contribution is -2.27. The number of nitrogens with zero attached hydrogens (tertiary/aromatic N) is 2. The molecule has 0 saturated carbocycles. The summed E-state index contributed by atoms with van der Waals surface area (Å²) in [5, 5.41) is 2.93. The molecule has 1 aromatic carbocycles. The van der Waals surface area contributed by atoms with E-state index in [9.17, 15) is 4.79 Å². The first-order valence-corrected chi connectivity index (χ1v) is 6.24. The third kappa shape index (κ3) is 3.02. The molecule has 1 aromatic heterocycles. The Hall–Kier alpha value is -1.66. The van der Waals surface area contributed by atoms with Gasteiger partial charge >= 0.3 is 12.0 Å². The fourth-order valence-corrected chi connectivity index (χ4v) is 2.23. The first-order chi connectivity index (χ1) is 8.99. The second-order valence-corrected chi connectivity index (χ2v) is 4.75. The number of benzene rings is 1. The molecule has 0 spiro atoms. The van der Waals surface area contributed by atoms with Crippen molar-refractivity contribution in [2.45, 2.75) is 13.8 Å². The van der Waals surface area contributed by atoms with Gasteiger partial charge in [-0.2, -0.15) is 4.98 Å². The normalized spacial score (nSPS) is 10.3. The van der Waals surface area contributed by atoms with Gasteiger partial charge in [-0.15, -0.1) is 0 Å². The number of anilines is 2. The summed E-state index contributed by atoms with van der Waals surface area (Å²) in [6, 6.07) is 4.95. The zero-order valence-electron chi connectivity index (χ0n) is 10.3. The number of para-hydroxylation sites is 1. The molecule has 0 fully saturated rings. The molecule has 19 heavy (non-hydrogen) atoms. The molecule has 0 radical (unpaired) electrons. The zero-order valence-corrected chi connectivity index (χ0v) is 12.0. The molecule has 2 aromatic rings. The summed E-state index contributed by atoms with van der Waals surface area (Å²) in [5.74, 6) is 0. The summed E-state index contributed by atoms with van der Waals surface area (Å²) in [7, 11) is 0. The second-order valence-electron chi connectivity index (χ2n) is 3.94. The van der Waals surface area contributed by atoms with Crippen molar-refractivity contribution in [1.82, 2.24) is 4.98 Å². The van der Waals surface area contributed by atoms with Gasteiger partial charge in [-0.1, -0.05) is 36.5 Å². The summed E-state index contributed by atoms with van der Waals surface area (Å²) in [6.07, 6.45) is 1.44. The van der Waals surface area contributed by atoms with Crippen molar-refractivity contribution in [1.29, 1.82) is 0 Å². The van der Waals surface area contributed by atoms with Gasteiger partial charge in [-0.3, -0.25) is 5.32 Å². The van der Waals surface area contributed by atoms with Crippen LogP contribution in [0.5, 0.6) is 0 Å². The predicted molar refractivity (Wildman–Crippen MR) is 77.9 cm³/mol. The Balaban J connectivity index is 2.19. The number of rotatable bonds is 2. The second kappa shape index (κ2) is 5.54. The fourth-order valence-electron chi connectivity index (χ4n) is 1.55. The molecule has 5 nitrogen and oxygen atoms in total. The average molecular weight is 298 g/mol. The molecule has 0 unspecified atom stereocenters. The third-order valence-electron chi connectivity index (χ3n) is 2.43. The molecule has 1 heterocycles. The van der Waals surface area contributed by atoms with E-state index in [4.69, 9.17) is 16.0 Å². The van der Waals surface area contributed by atoms with Crippen LogP contribution in [0, 0.1) is 13.8 Å². The number of carbonyl (C=O) groups excluding carboxylic acids is 1. The SMILES string of the molecule is Cc1coc(NC(=O)N(S)c2c(C)cccc2Cl)n1. The van der Waals surface area contributed by atoms with Crippen LogP contribution in [0.1, 0.15) is 11.3 Å². The molecule has 2 rings (SSSR count). The van der Waals surface area contributed by atoms with Crippen LogP contribution >= 0.6 is 24.4 Å². The summed E-state index contributed by atoms with van der Waals surface area (Å²) in [6.45, 7) is 3.60. The highest BCUT2D eigenvalue weighted by Gasteiger charge is 2.18. The third-order valence-corrected chi connectivity index (χ3v) is 3.11. The van der Waals surface area contributed by atoms with Crippen LogP contribution in [0.25, 0.3) is 0 Å². The number of oxazole rings is 1. The van der Waals surface area contributed by atoms with Gasteiger partial charge in [0.2, 0.25) is 0 Å². The number of aryl methyl sites for hydroxylation is 2. The van der Waals surface area contributed by atoms with Crippen molar-refractivity contribution in [2.75, 3.05) is 9.62 Å². The van der Waals surface area contributed by atoms with Gasteiger partial charge in [0, 0.05) is 0 Å². The van der Waals surface area contributed by atoms with Gasteiger partial charge in [0.15, 0.2) is 0 Å². The maximum atomic E-state index is 12.0. The highest BCUT2D eigenvalue weighted by molar-refractivity contribution is 7.82. The highest BCUT2D eigenvalue weighted by atomic mass is 35.5. The maximum absolute atomic E-state index is 12.0. The van der Waals surface area contributed by atoms with Gasteiger partial charge in [-0.25, -0.2) is 9.10 Å². The Morgan fingerprint density at radius 1 is 1.47 bits per heavy atom. The topological polar surface area (TPSA) is 58.4 Å². The number of nitrogens with one attached hydrogen (secondary N) is 1. The number of halogens is 1. The lowest BCUT2D eigenvalue weighted by atomic mass is 10.2.